The van der Waals surface area contributed by atoms with Crippen molar-refractivity contribution in [2.24, 2.45) is 5.92 Å². The molecule has 0 aliphatic heterocycles. The standard InChI is InChI=1S/C15H19F2N/c1-10(2)12(9-18-15-3-4-15)5-11-6-13(16)8-14(17)7-11/h5-8,10,15,18H,3-4,9H2,1-2H3/b12-5+. The molecule has 1 aliphatic rings. The summed E-state index contributed by atoms with van der Waals surface area (Å²) < 4.78 is 26.2. The summed E-state index contributed by atoms with van der Waals surface area (Å²) >= 11 is 0. The van der Waals surface area contributed by atoms with E-state index < -0.39 is 11.6 Å². The fraction of sp³-hybridized carbons (Fsp3) is 0.467. The van der Waals surface area contributed by atoms with Crippen LogP contribution in [-0.2, 0) is 0 Å². The van der Waals surface area contributed by atoms with Crippen LogP contribution in [0.1, 0.15) is 32.3 Å². The Bertz CT molecular complexity index is 428. The van der Waals surface area contributed by atoms with Crippen molar-refractivity contribution in [1.82, 2.24) is 5.32 Å². The van der Waals surface area contributed by atoms with Crippen LogP contribution in [0.25, 0.3) is 6.08 Å². The summed E-state index contributed by atoms with van der Waals surface area (Å²) in [7, 11) is 0. The van der Waals surface area contributed by atoms with Gasteiger partial charge in [0.1, 0.15) is 11.6 Å². The molecule has 0 saturated heterocycles. The molecular formula is C15H19F2N. The van der Waals surface area contributed by atoms with Gasteiger partial charge in [-0.2, -0.15) is 0 Å². The van der Waals surface area contributed by atoms with Gasteiger partial charge in [0, 0.05) is 18.7 Å². The van der Waals surface area contributed by atoms with Gasteiger partial charge in [0.2, 0.25) is 0 Å². The zero-order valence-electron chi connectivity index (χ0n) is 10.8. The number of rotatable bonds is 5. The van der Waals surface area contributed by atoms with Crippen molar-refractivity contribution < 1.29 is 8.78 Å². The predicted molar refractivity (Wildman–Crippen MR) is 70.2 cm³/mol. The lowest BCUT2D eigenvalue weighted by Crippen LogP contribution is -2.21. The zero-order chi connectivity index (χ0) is 13.1. The smallest absolute Gasteiger partial charge is 0.126 e. The summed E-state index contributed by atoms with van der Waals surface area (Å²) in [6, 6.07) is 4.26. The zero-order valence-corrected chi connectivity index (χ0v) is 10.8. The Morgan fingerprint density at radius 1 is 1.28 bits per heavy atom. The fourth-order valence-corrected chi connectivity index (χ4v) is 1.84. The van der Waals surface area contributed by atoms with Gasteiger partial charge in [-0.3, -0.25) is 0 Å². The van der Waals surface area contributed by atoms with E-state index in [0.29, 0.717) is 17.5 Å². The minimum Gasteiger partial charge on any atom is -0.310 e. The molecule has 0 amide bonds. The van der Waals surface area contributed by atoms with Crippen LogP contribution in [0.5, 0.6) is 0 Å². The van der Waals surface area contributed by atoms with Crippen molar-refractivity contribution in [2.45, 2.75) is 32.7 Å². The molecule has 98 valence electrons. The first-order valence-electron chi connectivity index (χ1n) is 6.44. The van der Waals surface area contributed by atoms with Crippen LogP contribution in [0.4, 0.5) is 8.78 Å². The normalized spacial score (nSPS) is 16.4. The number of nitrogens with one attached hydrogen (secondary N) is 1. The van der Waals surface area contributed by atoms with E-state index in [0.717, 1.165) is 12.6 Å². The van der Waals surface area contributed by atoms with E-state index in [4.69, 9.17) is 0 Å². The van der Waals surface area contributed by atoms with Gasteiger partial charge in [-0.05, 0) is 36.5 Å². The molecule has 1 aromatic rings. The molecule has 0 bridgehead atoms. The van der Waals surface area contributed by atoms with Crippen molar-refractivity contribution in [3.05, 3.63) is 41.0 Å². The minimum absolute atomic E-state index is 0.363. The monoisotopic (exact) mass is 251 g/mol. The maximum atomic E-state index is 13.1. The lowest BCUT2D eigenvalue weighted by atomic mass is 10.00. The first kappa shape index (κ1) is 13.2. The highest BCUT2D eigenvalue weighted by Crippen LogP contribution is 2.21. The summed E-state index contributed by atoms with van der Waals surface area (Å²) in [6.07, 6.45) is 4.35. The van der Waals surface area contributed by atoms with E-state index in [9.17, 15) is 8.78 Å². The third-order valence-electron chi connectivity index (χ3n) is 3.15. The lowest BCUT2D eigenvalue weighted by Gasteiger charge is -2.12. The number of hydrogen-bond donors (Lipinski definition) is 1. The molecule has 0 atom stereocenters. The molecule has 0 unspecified atom stereocenters. The molecule has 18 heavy (non-hydrogen) atoms. The van der Waals surface area contributed by atoms with Crippen LogP contribution >= 0.6 is 0 Å². The van der Waals surface area contributed by atoms with Gasteiger partial charge < -0.3 is 5.32 Å². The minimum atomic E-state index is -0.528. The largest absolute Gasteiger partial charge is 0.310 e. The molecule has 1 N–H and O–H groups in total. The summed E-state index contributed by atoms with van der Waals surface area (Å²) in [4.78, 5) is 0. The van der Waals surface area contributed by atoms with Crippen molar-refractivity contribution >= 4 is 6.08 Å². The molecule has 0 spiro atoms. The van der Waals surface area contributed by atoms with Gasteiger partial charge in [-0.25, -0.2) is 8.78 Å². The van der Waals surface area contributed by atoms with Crippen LogP contribution < -0.4 is 5.32 Å². The average Bonchev–Trinajstić information content (AvgIpc) is 3.06. The molecule has 0 heterocycles. The maximum Gasteiger partial charge on any atom is 0.126 e. The Labute approximate surface area is 107 Å². The van der Waals surface area contributed by atoms with Gasteiger partial charge in [-0.1, -0.05) is 25.5 Å². The van der Waals surface area contributed by atoms with Gasteiger partial charge in [-0.15, -0.1) is 0 Å². The molecule has 1 saturated carbocycles. The highest BCUT2D eigenvalue weighted by molar-refractivity contribution is 5.53. The average molecular weight is 251 g/mol. The third-order valence-corrected chi connectivity index (χ3v) is 3.15. The van der Waals surface area contributed by atoms with Crippen molar-refractivity contribution in [1.29, 1.82) is 0 Å². The van der Waals surface area contributed by atoms with Crippen LogP contribution in [-0.4, -0.2) is 12.6 Å². The number of benzene rings is 1. The summed E-state index contributed by atoms with van der Waals surface area (Å²) in [5.74, 6) is -0.693. The van der Waals surface area contributed by atoms with Crippen molar-refractivity contribution in [3.8, 4) is 0 Å². The predicted octanol–water partition coefficient (Wildman–Crippen LogP) is 3.76. The van der Waals surface area contributed by atoms with Crippen LogP contribution in [0, 0.1) is 17.6 Å². The fourth-order valence-electron chi connectivity index (χ4n) is 1.84. The molecule has 0 radical (unpaired) electrons. The Hall–Kier alpha value is -1.22. The maximum absolute atomic E-state index is 13.1. The Kier molecular flexibility index (Phi) is 4.12. The molecule has 1 nitrogen and oxygen atoms in total. The molecule has 2 rings (SSSR count). The van der Waals surface area contributed by atoms with Gasteiger partial charge in [0.05, 0.1) is 0 Å². The number of hydrogen-bond acceptors (Lipinski definition) is 1. The Morgan fingerprint density at radius 2 is 1.89 bits per heavy atom. The lowest BCUT2D eigenvalue weighted by molar-refractivity contribution is 0.582. The summed E-state index contributed by atoms with van der Waals surface area (Å²) in [5, 5.41) is 3.43. The van der Waals surface area contributed by atoms with Crippen LogP contribution in [0.15, 0.2) is 23.8 Å². The van der Waals surface area contributed by atoms with Crippen LogP contribution in [0.3, 0.4) is 0 Å². The van der Waals surface area contributed by atoms with E-state index in [1.807, 2.05) is 6.08 Å². The molecule has 3 heteroatoms. The third kappa shape index (κ3) is 3.91. The Morgan fingerprint density at radius 3 is 2.39 bits per heavy atom. The van der Waals surface area contributed by atoms with Crippen molar-refractivity contribution in [3.63, 3.8) is 0 Å². The van der Waals surface area contributed by atoms with Gasteiger partial charge in [0.15, 0.2) is 0 Å². The van der Waals surface area contributed by atoms with E-state index in [1.165, 1.54) is 30.5 Å². The first-order valence-corrected chi connectivity index (χ1v) is 6.44. The highest BCUT2D eigenvalue weighted by Gasteiger charge is 2.20. The van der Waals surface area contributed by atoms with E-state index in [1.54, 1.807) is 0 Å². The topological polar surface area (TPSA) is 12.0 Å². The molecule has 0 aromatic heterocycles. The SMILES string of the molecule is CC(C)/C(=C/c1cc(F)cc(F)c1)CNC1CC1. The second-order valence-corrected chi connectivity index (χ2v) is 5.23. The second-order valence-electron chi connectivity index (χ2n) is 5.23. The van der Waals surface area contributed by atoms with E-state index in [-0.39, 0.29) is 0 Å². The first-order chi connectivity index (χ1) is 8.54. The van der Waals surface area contributed by atoms with E-state index in [2.05, 4.69) is 19.2 Å². The molecular weight excluding hydrogens is 232 g/mol. The Balaban J connectivity index is 2.13. The van der Waals surface area contributed by atoms with Gasteiger partial charge >= 0.3 is 0 Å². The summed E-state index contributed by atoms with van der Waals surface area (Å²) in [5.41, 5.74) is 1.76. The van der Waals surface area contributed by atoms with Gasteiger partial charge in [0.25, 0.3) is 0 Å². The second kappa shape index (κ2) is 5.61. The van der Waals surface area contributed by atoms with Crippen molar-refractivity contribution in [2.75, 3.05) is 6.54 Å². The molecule has 1 aromatic carbocycles. The quantitative estimate of drug-likeness (QED) is 0.840. The van der Waals surface area contributed by atoms with Crippen LogP contribution in [0.2, 0.25) is 0 Å². The van der Waals surface area contributed by atoms with E-state index >= 15 is 0 Å². The molecule has 1 aliphatic carbocycles. The summed E-state index contributed by atoms with van der Waals surface area (Å²) in [6.45, 7) is 4.98. The highest BCUT2D eigenvalue weighted by atomic mass is 19.1. The molecule has 1 fully saturated rings. The number of halogens is 2.